The van der Waals surface area contributed by atoms with E-state index in [9.17, 15) is 9.59 Å². The number of thioether (sulfide) groups is 1. The molecule has 3 N–H and O–H groups in total. The van der Waals surface area contributed by atoms with Gasteiger partial charge in [0.1, 0.15) is 0 Å². The molecule has 0 bridgehead atoms. The van der Waals surface area contributed by atoms with Crippen molar-refractivity contribution in [2.24, 2.45) is 11.7 Å². The Morgan fingerprint density at radius 2 is 1.77 bits per heavy atom. The Kier molecular flexibility index (Phi) is 7.12. The van der Waals surface area contributed by atoms with Crippen LogP contribution in [0.3, 0.4) is 0 Å². The van der Waals surface area contributed by atoms with E-state index in [0.29, 0.717) is 22.5 Å². The molecule has 3 rings (SSSR count). The number of primary amides is 1. The van der Waals surface area contributed by atoms with Crippen molar-refractivity contribution >= 4 is 35.3 Å². The Morgan fingerprint density at radius 1 is 1.10 bits per heavy atom. The molecule has 0 fully saturated rings. The minimum Gasteiger partial charge on any atom is -0.351 e. The van der Waals surface area contributed by atoms with Crippen molar-refractivity contribution in [2.75, 3.05) is 0 Å². The van der Waals surface area contributed by atoms with Gasteiger partial charge in [-0.2, -0.15) is 0 Å². The van der Waals surface area contributed by atoms with Gasteiger partial charge in [0.15, 0.2) is 11.0 Å². The lowest BCUT2D eigenvalue weighted by molar-refractivity contribution is -0.120. The fraction of sp³-hybridized carbons (Fsp3) is 0.238. The lowest BCUT2D eigenvalue weighted by atomic mass is 10.1. The van der Waals surface area contributed by atoms with Crippen LogP contribution in [0.5, 0.6) is 0 Å². The van der Waals surface area contributed by atoms with E-state index in [1.807, 2.05) is 60.9 Å². The molecule has 1 aromatic heterocycles. The molecule has 0 unspecified atom stereocenters. The smallest absolute Gasteiger partial charge is 0.318 e. The largest absolute Gasteiger partial charge is 0.351 e. The molecule has 30 heavy (non-hydrogen) atoms. The molecule has 7 nitrogen and oxygen atoms in total. The molecule has 0 aliphatic rings. The first-order valence-corrected chi connectivity index (χ1v) is 10.6. The number of nitrogens with zero attached hydrogens (tertiary/aromatic N) is 3. The zero-order valence-electron chi connectivity index (χ0n) is 16.6. The number of aromatic nitrogens is 3. The number of hydrogen-bond donors (Lipinski definition) is 2. The molecule has 156 valence electrons. The number of carbonyl (C=O) groups is 2. The molecule has 1 heterocycles. The predicted octanol–water partition coefficient (Wildman–Crippen LogP) is 3.96. The molecular formula is C21H22ClN5O2S. The first-order valence-electron chi connectivity index (χ1n) is 9.35. The SMILES string of the molecule is CC(C)[C@@H](Sc1nnc(-c2ccc(Cl)cc2)n1Cc1ccccc1)C(=O)NC(N)=O. The third-order valence-electron chi connectivity index (χ3n) is 4.35. The van der Waals surface area contributed by atoms with Crippen molar-refractivity contribution in [3.63, 3.8) is 0 Å². The van der Waals surface area contributed by atoms with E-state index in [4.69, 9.17) is 17.3 Å². The number of nitrogens with one attached hydrogen (secondary N) is 1. The zero-order chi connectivity index (χ0) is 21.7. The second-order valence-electron chi connectivity index (χ2n) is 7.02. The fourth-order valence-electron chi connectivity index (χ4n) is 2.90. The van der Waals surface area contributed by atoms with Gasteiger partial charge in [0, 0.05) is 10.6 Å². The lowest BCUT2D eigenvalue weighted by Gasteiger charge is -2.19. The van der Waals surface area contributed by atoms with Gasteiger partial charge in [0.25, 0.3) is 0 Å². The molecule has 9 heteroatoms. The molecule has 0 radical (unpaired) electrons. The second-order valence-corrected chi connectivity index (χ2v) is 8.57. The Morgan fingerprint density at radius 3 is 2.37 bits per heavy atom. The Labute approximate surface area is 184 Å². The first-order chi connectivity index (χ1) is 14.3. The van der Waals surface area contributed by atoms with E-state index in [0.717, 1.165) is 11.1 Å². The highest BCUT2D eigenvalue weighted by Gasteiger charge is 2.28. The molecule has 0 aliphatic carbocycles. The number of rotatable bonds is 7. The van der Waals surface area contributed by atoms with Gasteiger partial charge in [-0.3, -0.25) is 14.7 Å². The minimum atomic E-state index is -0.876. The summed E-state index contributed by atoms with van der Waals surface area (Å²) >= 11 is 7.28. The summed E-state index contributed by atoms with van der Waals surface area (Å²) in [4.78, 5) is 23.6. The number of amides is 3. The Bertz CT molecular complexity index is 1020. The zero-order valence-corrected chi connectivity index (χ0v) is 18.2. The third kappa shape index (κ3) is 5.40. The van der Waals surface area contributed by atoms with Crippen LogP contribution in [0.25, 0.3) is 11.4 Å². The van der Waals surface area contributed by atoms with Crippen LogP contribution in [0.2, 0.25) is 5.02 Å². The van der Waals surface area contributed by atoms with Crippen LogP contribution < -0.4 is 11.1 Å². The summed E-state index contributed by atoms with van der Waals surface area (Å²) in [5.41, 5.74) is 7.05. The van der Waals surface area contributed by atoms with Gasteiger partial charge >= 0.3 is 6.03 Å². The van der Waals surface area contributed by atoms with Crippen molar-refractivity contribution in [1.29, 1.82) is 0 Å². The Balaban J connectivity index is 1.99. The normalized spacial score (nSPS) is 12.0. The van der Waals surface area contributed by atoms with E-state index >= 15 is 0 Å². The van der Waals surface area contributed by atoms with Gasteiger partial charge in [-0.05, 0) is 35.7 Å². The van der Waals surface area contributed by atoms with Crippen LogP contribution in [-0.2, 0) is 11.3 Å². The topological polar surface area (TPSA) is 103 Å². The molecular weight excluding hydrogens is 422 g/mol. The van der Waals surface area contributed by atoms with E-state index < -0.39 is 17.2 Å². The van der Waals surface area contributed by atoms with Crippen LogP contribution in [0, 0.1) is 5.92 Å². The van der Waals surface area contributed by atoms with Gasteiger partial charge < -0.3 is 5.73 Å². The molecule has 0 spiro atoms. The summed E-state index contributed by atoms with van der Waals surface area (Å²) in [7, 11) is 0. The second kappa shape index (κ2) is 9.77. The van der Waals surface area contributed by atoms with Crippen molar-refractivity contribution in [2.45, 2.75) is 30.8 Å². The number of benzene rings is 2. The van der Waals surface area contributed by atoms with E-state index in [1.165, 1.54) is 11.8 Å². The number of nitrogens with two attached hydrogens (primary N) is 1. The van der Waals surface area contributed by atoms with Gasteiger partial charge in [-0.15, -0.1) is 10.2 Å². The maximum Gasteiger partial charge on any atom is 0.318 e. The highest BCUT2D eigenvalue weighted by molar-refractivity contribution is 8.00. The fourth-order valence-corrected chi connectivity index (χ4v) is 4.05. The molecule has 0 saturated carbocycles. The molecule has 0 aliphatic heterocycles. The molecule has 2 aromatic carbocycles. The number of hydrogen-bond acceptors (Lipinski definition) is 5. The summed E-state index contributed by atoms with van der Waals surface area (Å²) in [6.45, 7) is 4.32. The lowest BCUT2D eigenvalue weighted by Crippen LogP contribution is -2.42. The van der Waals surface area contributed by atoms with Gasteiger partial charge in [-0.1, -0.05) is 67.5 Å². The first kappa shape index (κ1) is 21.9. The van der Waals surface area contributed by atoms with Gasteiger partial charge in [0.05, 0.1) is 11.8 Å². The monoisotopic (exact) mass is 443 g/mol. The van der Waals surface area contributed by atoms with Crippen LogP contribution in [-0.4, -0.2) is 32.0 Å². The Hall–Kier alpha value is -2.84. The van der Waals surface area contributed by atoms with E-state index in [-0.39, 0.29) is 5.92 Å². The highest BCUT2D eigenvalue weighted by atomic mass is 35.5. The maximum absolute atomic E-state index is 12.5. The van der Waals surface area contributed by atoms with Crippen molar-refractivity contribution in [3.05, 3.63) is 65.2 Å². The molecule has 3 amide bonds. The maximum atomic E-state index is 12.5. The third-order valence-corrected chi connectivity index (χ3v) is 6.12. The molecule has 3 aromatic rings. The average Bonchev–Trinajstić information content (AvgIpc) is 3.09. The van der Waals surface area contributed by atoms with E-state index in [2.05, 4.69) is 15.5 Å². The van der Waals surface area contributed by atoms with Gasteiger partial charge in [-0.25, -0.2) is 4.79 Å². The standard InChI is InChI=1S/C21H22ClN5O2S/c1-13(2)17(19(28)24-20(23)29)30-21-26-25-18(15-8-10-16(22)11-9-15)27(21)12-14-6-4-3-5-7-14/h3-11,13,17H,12H2,1-2H3,(H3,23,24,28,29)/t17-/m1/s1. The van der Waals surface area contributed by atoms with Crippen molar-refractivity contribution in [1.82, 2.24) is 20.1 Å². The minimum absolute atomic E-state index is 0.0600. The van der Waals surface area contributed by atoms with Crippen LogP contribution >= 0.6 is 23.4 Å². The van der Waals surface area contributed by atoms with Crippen LogP contribution in [0.1, 0.15) is 19.4 Å². The predicted molar refractivity (Wildman–Crippen MR) is 118 cm³/mol. The number of urea groups is 1. The number of imide groups is 1. The summed E-state index contributed by atoms with van der Waals surface area (Å²) in [5, 5.41) is 11.5. The van der Waals surface area contributed by atoms with E-state index in [1.54, 1.807) is 12.1 Å². The summed E-state index contributed by atoms with van der Waals surface area (Å²) in [6.07, 6.45) is 0. The number of halogens is 1. The summed E-state index contributed by atoms with van der Waals surface area (Å²) < 4.78 is 1.95. The number of carbonyl (C=O) groups excluding carboxylic acids is 2. The summed E-state index contributed by atoms with van der Waals surface area (Å²) in [6, 6.07) is 16.4. The highest BCUT2D eigenvalue weighted by Crippen LogP contribution is 2.31. The van der Waals surface area contributed by atoms with Crippen LogP contribution in [0.4, 0.5) is 4.79 Å². The molecule has 0 saturated heterocycles. The van der Waals surface area contributed by atoms with Crippen LogP contribution in [0.15, 0.2) is 59.8 Å². The quantitative estimate of drug-likeness (QED) is 0.538. The summed E-state index contributed by atoms with van der Waals surface area (Å²) in [5.74, 6) is 0.149. The van der Waals surface area contributed by atoms with Crippen molar-refractivity contribution < 1.29 is 9.59 Å². The average molecular weight is 444 g/mol. The van der Waals surface area contributed by atoms with Crippen molar-refractivity contribution in [3.8, 4) is 11.4 Å². The molecule has 1 atom stereocenters. The van der Waals surface area contributed by atoms with Gasteiger partial charge in [0.2, 0.25) is 5.91 Å².